The highest BCUT2D eigenvalue weighted by molar-refractivity contribution is 5.83. The third-order valence-electron chi connectivity index (χ3n) is 2.02. The van der Waals surface area contributed by atoms with Crippen molar-refractivity contribution in [1.29, 1.82) is 0 Å². The molecule has 1 aromatic heterocycles. The quantitative estimate of drug-likeness (QED) is 0.828. The van der Waals surface area contributed by atoms with Crippen LogP contribution in [-0.4, -0.2) is 21.8 Å². The number of nitrogens with one attached hydrogen (secondary N) is 1. The first-order valence-electron chi connectivity index (χ1n) is 5.38. The number of hydrogen-bond acceptors (Lipinski definition) is 4. The molecule has 0 radical (unpaired) electrons. The normalized spacial score (nSPS) is 11.1. The van der Waals surface area contributed by atoms with Crippen molar-refractivity contribution >= 4 is 11.9 Å². The minimum absolute atomic E-state index is 0.0639. The Balaban J connectivity index is 2.69. The van der Waals surface area contributed by atoms with Crippen LogP contribution in [0, 0.1) is 6.92 Å². The van der Waals surface area contributed by atoms with E-state index in [1.165, 1.54) is 6.20 Å². The molecule has 1 heterocycles. The molecule has 0 aliphatic rings. The lowest BCUT2D eigenvalue weighted by atomic mass is 10.2. The van der Waals surface area contributed by atoms with Crippen molar-refractivity contribution in [3.05, 3.63) is 23.4 Å². The Labute approximate surface area is 101 Å². The summed E-state index contributed by atoms with van der Waals surface area (Å²) in [6, 6.07) is 1.69. The molecule has 1 amide bonds. The van der Waals surface area contributed by atoms with Gasteiger partial charge in [0, 0.05) is 6.20 Å². The maximum atomic E-state index is 11.5. The van der Waals surface area contributed by atoms with E-state index in [1.54, 1.807) is 26.8 Å². The number of carbonyl (C=O) groups is 1. The Bertz CT molecular complexity index is 411. The van der Waals surface area contributed by atoms with Gasteiger partial charge in [0.1, 0.15) is 11.4 Å². The number of ether oxygens (including phenoxy) is 1. The van der Waals surface area contributed by atoms with E-state index in [0.717, 1.165) is 11.1 Å². The molecular formula is C12H18N2O3. The van der Waals surface area contributed by atoms with Gasteiger partial charge in [0.25, 0.3) is 0 Å². The third-order valence-corrected chi connectivity index (χ3v) is 2.02. The van der Waals surface area contributed by atoms with Gasteiger partial charge >= 0.3 is 6.09 Å². The molecule has 0 unspecified atom stereocenters. The van der Waals surface area contributed by atoms with Gasteiger partial charge in [-0.2, -0.15) is 0 Å². The van der Waals surface area contributed by atoms with Gasteiger partial charge in [-0.1, -0.05) is 0 Å². The van der Waals surface area contributed by atoms with Gasteiger partial charge in [-0.25, -0.2) is 9.78 Å². The lowest BCUT2D eigenvalue weighted by molar-refractivity contribution is 0.0635. The standard InChI is InChI=1S/C12H18N2O3/c1-8-5-10(13-6-9(8)7-15)14-11(16)17-12(2,3)4/h5-6,15H,7H2,1-4H3,(H,13,14,16). The number of nitrogens with zero attached hydrogens (tertiary/aromatic N) is 1. The highest BCUT2D eigenvalue weighted by Crippen LogP contribution is 2.13. The summed E-state index contributed by atoms with van der Waals surface area (Å²) in [7, 11) is 0. The monoisotopic (exact) mass is 238 g/mol. The zero-order chi connectivity index (χ0) is 13.1. The number of pyridine rings is 1. The fraction of sp³-hybridized carbons (Fsp3) is 0.500. The summed E-state index contributed by atoms with van der Waals surface area (Å²) >= 11 is 0. The molecule has 2 N–H and O–H groups in total. The predicted octanol–water partition coefficient (Wildman–Crippen LogP) is 2.23. The molecular weight excluding hydrogens is 220 g/mol. The number of aromatic nitrogens is 1. The average Bonchev–Trinajstić information content (AvgIpc) is 2.14. The summed E-state index contributed by atoms with van der Waals surface area (Å²) in [5.74, 6) is 0.411. The van der Waals surface area contributed by atoms with Gasteiger partial charge < -0.3 is 9.84 Å². The first-order valence-corrected chi connectivity index (χ1v) is 5.38. The van der Waals surface area contributed by atoms with Crippen LogP contribution in [0.15, 0.2) is 12.3 Å². The van der Waals surface area contributed by atoms with Crippen molar-refractivity contribution in [3.8, 4) is 0 Å². The molecule has 0 saturated carbocycles. The average molecular weight is 238 g/mol. The fourth-order valence-electron chi connectivity index (χ4n) is 1.23. The number of anilines is 1. The van der Waals surface area contributed by atoms with Crippen LogP contribution in [0.5, 0.6) is 0 Å². The molecule has 0 aliphatic heterocycles. The molecule has 0 bridgehead atoms. The number of hydrogen-bond donors (Lipinski definition) is 2. The summed E-state index contributed by atoms with van der Waals surface area (Å²) in [5.41, 5.74) is 1.07. The maximum absolute atomic E-state index is 11.5. The number of aryl methyl sites for hydroxylation is 1. The Morgan fingerprint density at radius 3 is 2.65 bits per heavy atom. The lowest BCUT2D eigenvalue weighted by Gasteiger charge is -2.19. The molecule has 5 nitrogen and oxygen atoms in total. The minimum atomic E-state index is -0.541. The molecule has 0 atom stereocenters. The molecule has 17 heavy (non-hydrogen) atoms. The molecule has 0 aliphatic carbocycles. The molecule has 0 aromatic carbocycles. The Morgan fingerprint density at radius 1 is 1.53 bits per heavy atom. The van der Waals surface area contributed by atoms with E-state index >= 15 is 0 Å². The van der Waals surface area contributed by atoms with Crippen molar-refractivity contribution in [1.82, 2.24) is 4.98 Å². The van der Waals surface area contributed by atoms with Crippen molar-refractivity contribution in [2.45, 2.75) is 39.9 Å². The van der Waals surface area contributed by atoms with Crippen molar-refractivity contribution < 1.29 is 14.6 Å². The summed E-state index contributed by atoms with van der Waals surface area (Å²) < 4.78 is 5.10. The third kappa shape index (κ3) is 4.40. The number of carbonyl (C=O) groups excluding carboxylic acids is 1. The SMILES string of the molecule is Cc1cc(NC(=O)OC(C)(C)C)ncc1CO. The smallest absolute Gasteiger partial charge is 0.413 e. The Hall–Kier alpha value is -1.62. The second-order valence-corrected chi connectivity index (χ2v) is 4.78. The molecule has 1 rings (SSSR count). The second-order valence-electron chi connectivity index (χ2n) is 4.78. The van der Waals surface area contributed by atoms with Gasteiger partial charge in [-0.05, 0) is 44.9 Å². The van der Waals surface area contributed by atoms with Gasteiger partial charge in [-0.15, -0.1) is 0 Å². The van der Waals surface area contributed by atoms with Crippen LogP contribution in [0.2, 0.25) is 0 Å². The van der Waals surface area contributed by atoms with Crippen LogP contribution in [0.3, 0.4) is 0 Å². The topological polar surface area (TPSA) is 71.5 Å². The van der Waals surface area contributed by atoms with Crippen molar-refractivity contribution in [2.24, 2.45) is 0 Å². The molecule has 0 saturated heterocycles. The largest absolute Gasteiger partial charge is 0.444 e. The molecule has 1 aromatic rings. The van der Waals surface area contributed by atoms with Gasteiger partial charge in [0.05, 0.1) is 6.61 Å². The highest BCUT2D eigenvalue weighted by atomic mass is 16.6. The van der Waals surface area contributed by atoms with Crippen LogP contribution in [-0.2, 0) is 11.3 Å². The predicted molar refractivity (Wildman–Crippen MR) is 64.8 cm³/mol. The zero-order valence-electron chi connectivity index (χ0n) is 10.6. The number of amides is 1. The molecule has 94 valence electrons. The highest BCUT2D eigenvalue weighted by Gasteiger charge is 2.16. The van der Waals surface area contributed by atoms with Crippen molar-refractivity contribution in [3.63, 3.8) is 0 Å². The molecule has 5 heteroatoms. The molecule has 0 spiro atoms. The maximum Gasteiger partial charge on any atom is 0.413 e. The van der Waals surface area contributed by atoms with Crippen LogP contribution < -0.4 is 5.32 Å². The summed E-state index contributed by atoms with van der Waals surface area (Å²) in [5, 5.41) is 11.5. The Kier molecular flexibility index (Phi) is 4.07. The summed E-state index contributed by atoms with van der Waals surface area (Å²) in [6.45, 7) is 7.15. The first-order chi connectivity index (χ1) is 7.81. The van der Waals surface area contributed by atoms with Crippen molar-refractivity contribution in [2.75, 3.05) is 5.32 Å². The van der Waals surface area contributed by atoms with E-state index in [2.05, 4.69) is 10.3 Å². The van der Waals surface area contributed by atoms with Gasteiger partial charge in [0.2, 0.25) is 0 Å². The van der Waals surface area contributed by atoms with E-state index in [4.69, 9.17) is 9.84 Å². The van der Waals surface area contributed by atoms with Crippen LogP contribution in [0.4, 0.5) is 10.6 Å². The van der Waals surface area contributed by atoms with E-state index in [1.807, 2.05) is 6.92 Å². The first kappa shape index (κ1) is 13.4. The molecule has 0 fully saturated rings. The number of rotatable bonds is 2. The van der Waals surface area contributed by atoms with Crippen LogP contribution in [0.25, 0.3) is 0 Å². The fourth-order valence-corrected chi connectivity index (χ4v) is 1.23. The van der Waals surface area contributed by atoms with E-state index in [-0.39, 0.29) is 6.61 Å². The zero-order valence-corrected chi connectivity index (χ0v) is 10.6. The van der Waals surface area contributed by atoms with E-state index in [9.17, 15) is 4.79 Å². The summed E-state index contributed by atoms with van der Waals surface area (Å²) in [6.07, 6.45) is 0.989. The Morgan fingerprint density at radius 2 is 2.18 bits per heavy atom. The van der Waals surface area contributed by atoms with E-state index in [0.29, 0.717) is 5.82 Å². The summed E-state index contributed by atoms with van der Waals surface area (Å²) in [4.78, 5) is 15.5. The minimum Gasteiger partial charge on any atom is -0.444 e. The van der Waals surface area contributed by atoms with Gasteiger partial charge in [0.15, 0.2) is 0 Å². The lowest BCUT2D eigenvalue weighted by Crippen LogP contribution is -2.27. The number of aliphatic hydroxyl groups is 1. The van der Waals surface area contributed by atoms with Gasteiger partial charge in [-0.3, -0.25) is 5.32 Å². The number of aliphatic hydroxyl groups excluding tert-OH is 1. The van der Waals surface area contributed by atoms with Crippen LogP contribution in [0.1, 0.15) is 31.9 Å². The second kappa shape index (κ2) is 5.14. The van der Waals surface area contributed by atoms with Crippen LogP contribution >= 0.6 is 0 Å². The van der Waals surface area contributed by atoms with E-state index < -0.39 is 11.7 Å².